The predicted octanol–water partition coefficient (Wildman–Crippen LogP) is 9.21. The highest BCUT2D eigenvalue weighted by Gasteiger charge is 2.54. The molecule has 13 heterocycles. The van der Waals surface area contributed by atoms with E-state index in [9.17, 15) is 43.8 Å². The van der Waals surface area contributed by atoms with Crippen molar-refractivity contribution in [2.75, 3.05) is 137 Å². The molecule has 5 N–H and O–H groups in total. The number of piperidine rings is 2. The Labute approximate surface area is 772 Å². The van der Waals surface area contributed by atoms with Crippen molar-refractivity contribution >= 4 is 87.2 Å². The number of esters is 1. The number of carbonyl (C=O) groups is 7. The lowest BCUT2D eigenvalue weighted by Gasteiger charge is -2.42. The van der Waals surface area contributed by atoms with Gasteiger partial charge >= 0.3 is 12.1 Å². The number of aliphatic hydroxyl groups is 2. The van der Waals surface area contributed by atoms with Crippen molar-refractivity contribution in [3.8, 4) is 11.3 Å². The van der Waals surface area contributed by atoms with Crippen molar-refractivity contribution in [3.05, 3.63) is 131 Å². The number of nitrogens with one attached hydrogen (secondary N) is 1. The molecule has 6 fully saturated rings. The van der Waals surface area contributed by atoms with Crippen LogP contribution in [0.25, 0.3) is 33.3 Å². The quantitative estimate of drug-likeness (QED) is 0.0269. The summed E-state index contributed by atoms with van der Waals surface area (Å²) in [6.45, 7) is 24.5. The number of benzene rings is 1. The number of likely N-dealkylation sites (tertiary alicyclic amines) is 1. The fourth-order valence-corrected chi connectivity index (χ4v) is 20.5. The van der Waals surface area contributed by atoms with E-state index < -0.39 is 102 Å². The van der Waals surface area contributed by atoms with Gasteiger partial charge < -0.3 is 78.6 Å². The van der Waals surface area contributed by atoms with Gasteiger partial charge in [-0.2, -0.15) is 5.10 Å². The number of guanidine groups is 1. The van der Waals surface area contributed by atoms with E-state index in [2.05, 4.69) is 67.7 Å². The number of aromatic amines is 1. The molecular weight excluding hydrogens is 1690 g/mol. The number of ether oxygens (including phenoxy) is 7. The van der Waals surface area contributed by atoms with Gasteiger partial charge in [0.25, 0.3) is 17.6 Å². The van der Waals surface area contributed by atoms with Crippen LogP contribution in [0.2, 0.25) is 0 Å². The Morgan fingerprint density at radius 3 is 2.27 bits per heavy atom. The summed E-state index contributed by atoms with van der Waals surface area (Å²) in [5, 5.41) is 30.6. The van der Waals surface area contributed by atoms with Crippen molar-refractivity contribution in [1.29, 1.82) is 0 Å². The molecule has 1 aromatic carbocycles. The highest BCUT2D eigenvalue weighted by Crippen LogP contribution is 2.41. The molecule has 1 saturated carbocycles. The van der Waals surface area contributed by atoms with Crippen molar-refractivity contribution in [3.63, 3.8) is 0 Å². The minimum atomic E-state index is -2.48. The predicted molar refractivity (Wildman–Crippen MR) is 497 cm³/mol. The average Bonchev–Trinajstić information content (AvgIpc) is 1.73. The summed E-state index contributed by atoms with van der Waals surface area (Å²) < 4.78 is 44.8. The molecule has 3 amide bonds. The number of nitrogen functional groups attached to an aromatic ring is 1. The molecule has 6 aromatic rings. The van der Waals surface area contributed by atoms with Gasteiger partial charge in [-0.15, -0.1) is 0 Å². The second kappa shape index (κ2) is 43.7. The van der Waals surface area contributed by atoms with Crippen molar-refractivity contribution in [2.24, 2.45) is 51.4 Å². The number of hydrogen-bond donors (Lipinski definition) is 4. The molecular formula is C98H132N18O16. The zero-order chi connectivity index (χ0) is 93.0. The maximum atomic E-state index is 14.9. The van der Waals surface area contributed by atoms with E-state index in [4.69, 9.17) is 54.0 Å². The van der Waals surface area contributed by atoms with Gasteiger partial charge in [0.05, 0.1) is 55.1 Å². The molecule has 0 radical (unpaired) electrons. The van der Waals surface area contributed by atoms with Crippen LogP contribution in [0.5, 0.6) is 0 Å². The van der Waals surface area contributed by atoms with Crippen LogP contribution in [0.15, 0.2) is 119 Å². The van der Waals surface area contributed by atoms with E-state index in [-0.39, 0.29) is 67.1 Å². The fourth-order valence-electron chi connectivity index (χ4n) is 20.5. The monoisotopic (exact) mass is 1820 g/mol. The van der Waals surface area contributed by atoms with E-state index in [1.165, 1.54) is 23.9 Å². The lowest BCUT2D eigenvalue weighted by atomic mass is 9.78. The molecule has 0 spiro atoms. The zero-order valence-corrected chi connectivity index (χ0v) is 78.0. The van der Waals surface area contributed by atoms with E-state index in [0.29, 0.717) is 156 Å². The van der Waals surface area contributed by atoms with Gasteiger partial charge in [0, 0.05) is 198 Å². The van der Waals surface area contributed by atoms with Crippen molar-refractivity contribution in [1.82, 2.24) is 69.1 Å². The van der Waals surface area contributed by atoms with Crippen LogP contribution in [0.4, 0.5) is 16.6 Å². The van der Waals surface area contributed by atoms with E-state index >= 15 is 0 Å². The first-order valence-electron chi connectivity index (χ1n) is 47.4. The Bertz CT molecular complexity index is 5270. The Kier molecular flexibility index (Phi) is 31.8. The van der Waals surface area contributed by atoms with Gasteiger partial charge in [0.1, 0.15) is 59.7 Å². The second-order valence-electron chi connectivity index (χ2n) is 37.8. The molecule has 5 saturated heterocycles. The third-order valence-corrected chi connectivity index (χ3v) is 28.7. The first-order chi connectivity index (χ1) is 63.7. The number of rotatable bonds is 18. The van der Waals surface area contributed by atoms with Crippen LogP contribution in [0.1, 0.15) is 159 Å². The number of ketones is 3. The second-order valence-corrected chi connectivity index (χ2v) is 37.8. The number of carbonyl (C=O) groups excluding carboxylic acids is 7. The number of nitrogens with zero attached hydrogens (tertiary/aromatic N) is 16. The molecule has 15 rings (SSSR count). The van der Waals surface area contributed by atoms with Gasteiger partial charge in [-0.05, 0) is 149 Å². The number of aromatic nitrogens is 8. The Hall–Kier alpha value is -10.4. The normalized spacial score (nSPS) is 30.3. The molecule has 710 valence electrons. The molecule has 34 heteroatoms. The van der Waals surface area contributed by atoms with Crippen LogP contribution in [0, 0.1) is 41.4 Å². The van der Waals surface area contributed by atoms with Gasteiger partial charge in [-0.3, -0.25) is 33.8 Å². The largest absolute Gasteiger partial charge is 0.460 e. The van der Waals surface area contributed by atoms with Gasteiger partial charge in [0.15, 0.2) is 11.4 Å². The average molecular weight is 1820 g/mol. The van der Waals surface area contributed by atoms with Crippen molar-refractivity contribution in [2.45, 2.75) is 212 Å². The number of aliphatic imine (C=N–C) groups is 2. The number of piperazine rings is 2. The number of amides is 3. The third kappa shape index (κ3) is 22.6. The van der Waals surface area contributed by atoms with Crippen LogP contribution in [-0.4, -0.2) is 319 Å². The highest BCUT2D eigenvalue weighted by molar-refractivity contribution is 6.39. The summed E-state index contributed by atoms with van der Waals surface area (Å²) in [5.41, 5.74) is 14.4. The van der Waals surface area contributed by atoms with Gasteiger partial charge in [0.2, 0.25) is 17.7 Å². The number of Topliss-reactive ketones (excluding diaryl/α,β-unsaturated/α-hetero) is 3. The minimum absolute atomic E-state index is 0.0150. The number of hydrogen-bond acceptors (Lipinski definition) is 29. The molecule has 2 bridgehead atoms. The Morgan fingerprint density at radius 1 is 0.750 bits per heavy atom. The zero-order valence-electron chi connectivity index (χ0n) is 78.0. The Balaban J connectivity index is 0.481. The Morgan fingerprint density at radius 2 is 1.52 bits per heavy atom. The summed E-state index contributed by atoms with van der Waals surface area (Å²) in [6.07, 6.45) is 21.5. The topological polar surface area (TPSA) is 396 Å². The highest BCUT2D eigenvalue weighted by atomic mass is 16.6. The minimum Gasteiger partial charge on any atom is -0.460 e. The van der Waals surface area contributed by atoms with E-state index in [1.807, 2.05) is 92.2 Å². The molecule has 34 nitrogen and oxygen atoms in total. The van der Waals surface area contributed by atoms with Crippen LogP contribution >= 0.6 is 0 Å². The molecule has 5 aromatic heterocycles. The lowest BCUT2D eigenvalue weighted by Crippen LogP contribution is -2.61. The van der Waals surface area contributed by atoms with E-state index in [1.54, 1.807) is 64.6 Å². The number of nitrogens with two attached hydrogens (primary N) is 1. The number of fused-ring (bicyclic) bond motifs is 7. The summed E-state index contributed by atoms with van der Waals surface area (Å²) in [4.78, 5) is 151. The summed E-state index contributed by atoms with van der Waals surface area (Å²) in [6, 6.07) is 9.14. The smallest absolute Gasteiger partial charge is 0.410 e. The SMILES string of the molecule is CO[C@H]1C[C@@H]2CC[C@@H](C)[C@@](O)(O2)C(=O)C(=O)N2CCCC[C@H]2C(=O)O[C@H]([C@H](C)C[C@@H]2CC[C@@H](OC(=O)N3CCC4N=C(N5CCN(CCOCCN6CCN(c7ncc(C(=O)N8CCc9cc(Cn%10nc(-c%11cnc%12[nH]ccc%12c%11)c%11c(N)ncnc%11%10)ccc9C8)cn7)CC6)CC5)N=CC4C3)[C@H](OC)C2)CC(=O)[C@H](C)/C=C(\C)[C@@H](O)[C@@H](OC)C(=O)[C@H](C)C[C@H](C)/C=C/C=C/C=C/1C. The molecule has 2 unspecified atom stereocenters. The van der Waals surface area contributed by atoms with E-state index in [0.717, 1.165) is 105 Å². The molecule has 9 aliphatic rings. The number of methoxy groups -OCH3 is 3. The first kappa shape index (κ1) is 96.2. The summed E-state index contributed by atoms with van der Waals surface area (Å²) in [5.74, 6) is -7.05. The molecule has 8 aliphatic heterocycles. The maximum absolute atomic E-state index is 14.9. The summed E-state index contributed by atoms with van der Waals surface area (Å²) >= 11 is 0. The maximum Gasteiger partial charge on any atom is 0.410 e. The van der Waals surface area contributed by atoms with Crippen LogP contribution in [0.3, 0.4) is 0 Å². The number of anilines is 2. The summed E-state index contributed by atoms with van der Waals surface area (Å²) in [7, 11) is 4.56. The first-order valence-corrected chi connectivity index (χ1v) is 47.4. The molecule has 17 atom stereocenters. The molecule has 132 heavy (non-hydrogen) atoms. The van der Waals surface area contributed by atoms with Crippen LogP contribution in [-0.2, 0) is 76.6 Å². The van der Waals surface area contributed by atoms with Gasteiger partial charge in [-0.1, -0.05) is 89.3 Å². The van der Waals surface area contributed by atoms with Crippen molar-refractivity contribution < 1.29 is 76.9 Å². The number of allylic oxidation sites excluding steroid dienone is 6. The van der Waals surface area contributed by atoms with Crippen LogP contribution < -0.4 is 10.6 Å². The fraction of sp³-hybridized carbons (Fsp3) is 0.602. The number of H-pyrrole nitrogens is 1. The standard InChI is InChI=1S/C98H132N18O16/c1-60-16-12-11-13-17-61(2)80(126-8)50-75-23-19-66(7)98(125,132-75)88(120)93(122)115-29-15-14-18-77(115)94(123)130-81(51-78(117)62(3)45-65(6)86(119)87(128-10)85(118)64(5)44-60)63(4)46-67-21-24-79(82(48-67)127-9)131-97(124)114-31-27-76-74(58-114)55-104-96(107-76)112-38-34-110(35-39-112)41-43-129-42-40-109-32-36-111(37-33-109)95-102-53-73(54-103-95)92(121)113-30-26-69-47-68(20-22-71(69)57-113)56-116-91-83(89(99)105-59-106-91)84(108-116)72-49-70-25-28-100-90(70)101-52-72/h11-13,16-17,20,22,25,28,45,47,49,52-55,59-60,62-64,66-67,74-77,79-82,86-87,119,125H,14-15,18-19,21,23-24,26-27,29-44,46,48,50-51,56-58H2,1-10H3,(H,100,101)(H2,99,105,106)/b13-11+,16-12+,61-17+,65-45+/t60-,62-,63-,64-,66-,67+,74?,75+,76?,77+,79-,80+,81+,82-,86-,87+,98-/m1/s1. The molecule has 1 aliphatic carbocycles. The van der Waals surface area contributed by atoms with Gasteiger partial charge in [-0.25, -0.2) is 49.2 Å². The number of cyclic esters (lactones) is 1. The number of aliphatic hydroxyl groups excluding tert-OH is 1. The number of pyridine rings is 1. The third-order valence-electron chi connectivity index (χ3n) is 28.7. The lowest BCUT2D eigenvalue weighted by molar-refractivity contribution is -0.265.